The van der Waals surface area contributed by atoms with Crippen molar-refractivity contribution < 1.29 is 4.74 Å². The van der Waals surface area contributed by atoms with Crippen LogP contribution in [0.1, 0.15) is 18.9 Å². The number of pyridine rings is 1. The van der Waals surface area contributed by atoms with Crippen molar-refractivity contribution in [2.24, 2.45) is 0 Å². The molecular weight excluding hydrogens is 288 g/mol. The molecular formula is C19H16N2O2. The van der Waals surface area contributed by atoms with E-state index in [1.807, 2.05) is 49.4 Å². The number of nitrogens with one attached hydrogen (secondary N) is 1. The molecule has 0 aliphatic carbocycles. The van der Waals surface area contributed by atoms with Gasteiger partial charge in [0.2, 0.25) is 0 Å². The summed E-state index contributed by atoms with van der Waals surface area (Å²) in [5.41, 5.74) is 1.21. The molecule has 4 nitrogen and oxygen atoms in total. The van der Waals surface area contributed by atoms with Crippen LogP contribution in [0, 0.1) is 11.3 Å². The van der Waals surface area contributed by atoms with Crippen molar-refractivity contribution in [3.8, 4) is 23.1 Å². The van der Waals surface area contributed by atoms with Crippen molar-refractivity contribution in [2.45, 2.75) is 13.3 Å². The molecule has 4 heteroatoms. The average molecular weight is 304 g/mol. The van der Waals surface area contributed by atoms with Crippen LogP contribution in [-0.4, -0.2) is 11.6 Å². The summed E-state index contributed by atoms with van der Waals surface area (Å²) < 4.78 is 5.86. The summed E-state index contributed by atoms with van der Waals surface area (Å²) in [4.78, 5) is 14.8. The van der Waals surface area contributed by atoms with Crippen LogP contribution in [0.4, 0.5) is 0 Å². The highest BCUT2D eigenvalue weighted by Gasteiger charge is 2.13. The third-order valence-electron chi connectivity index (χ3n) is 3.65. The molecule has 0 unspecified atom stereocenters. The van der Waals surface area contributed by atoms with E-state index in [2.05, 4.69) is 4.98 Å². The highest BCUT2D eigenvalue weighted by Crippen LogP contribution is 2.35. The van der Waals surface area contributed by atoms with E-state index in [0.717, 1.165) is 28.5 Å². The minimum absolute atomic E-state index is 0.102. The lowest BCUT2D eigenvalue weighted by atomic mass is 10.00. The fourth-order valence-corrected chi connectivity index (χ4v) is 2.57. The molecule has 1 N–H and O–H groups in total. The molecule has 0 aliphatic rings. The predicted molar refractivity (Wildman–Crippen MR) is 90.5 cm³/mol. The van der Waals surface area contributed by atoms with Gasteiger partial charge in [0.1, 0.15) is 17.4 Å². The number of aromatic nitrogens is 1. The van der Waals surface area contributed by atoms with Gasteiger partial charge in [-0.15, -0.1) is 0 Å². The molecule has 114 valence electrons. The molecule has 0 saturated carbocycles. The van der Waals surface area contributed by atoms with E-state index in [1.54, 1.807) is 12.1 Å². The van der Waals surface area contributed by atoms with Crippen molar-refractivity contribution >= 4 is 10.8 Å². The maximum Gasteiger partial charge on any atom is 0.266 e. The van der Waals surface area contributed by atoms with Gasteiger partial charge in [0, 0.05) is 5.56 Å². The summed E-state index contributed by atoms with van der Waals surface area (Å²) in [5.74, 6) is 0.728. The summed E-state index contributed by atoms with van der Waals surface area (Å²) in [5, 5.41) is 11.0. The largest absolute Gasteiger partial charge is 0.493 e. The lowest BCUT2D eigenvalue weighted by Gasteiger charge is -2.14. The summed E-state index contributed by atoms with van der Waals surface area (Å²) in [6.07, 6.45) is 0.899. The normalized spacial score (nSPS) is 10.4. The topological polar surface area (TPSA) is 65.9 Å². The Kier molecular flexibility index (Phi) is 4.11. The standard InChI is InChI=1S/C19H16N2O2/c1-2-11-23-17-10-8-13-5-3-4-6-15(13)18(17)16-9-7-14(12-20)19(22)21-16/h3-10H,2,11H2,1H3,(H,21,22). The second-order valence-electron chi connectivity index (χ2n) is 5.23. The van der Waals surface area contributed by atoms with Gasteiger partial charge in [-0.05, 0) is 35.4 Å². The number of ether oxygens (including phenoxy) is 1. The molecule has 0 radical (unpaired) electrons. The van der Waals surface area contributed by atoms with Crippen LogP contribution < -0.4 is 10.3 Å². The number of fused-ring (bicyclic) bond motifs is 1. The van der Waals surface area contributed by atoms with Crippen molar-refractivity contribution in [1.29, 1.82) is 5.26 Å². The first kappa shape index (κ1) is 14.9. The number of benzene rings is 2. The summed E-state index contributed by atoms with van der Waals surface area (Å²) in [7, 11) is 0. The molecule has 23 heavy (non-hydrogen) atoms. The molecule has 0 bridgehead atoms. The third-order valence-corrected chi connectivity index (χ3v) is 3.65. The van der Waals surface area contributed by atoms with E-state index in [-0.39, 0.29) is 11.1 Å². The van der Waals surface area contributed by atoms with E-state index in [0.29, 0.717) is 12.3 Å². The van der Waals surface area contributed by atoms with Gasteiger partial charge in [0.15, 0.2) is 0 Å². The number of nitriles is 1. The first-order valence-corrected chi connectivity index (χ1v) is 7.53. The Morgan fingerprint density at radius 3 is 2.70 bits per heavy atom. The van der Waals surface area contributed by atoms with E-state index >= 15 is 0 Å². The second-order valence-corrected chi connectivity index (χ2v) is 5.23. The maximum atomic E-state index is 12.0. The van der Waals surface area contributed by atoms with Crippen LogP contribution >= 0.6 is 0 Å². The fraction of sp³-hybridized carbons (Fsp3) is 0.158. The monoisotopic (exact) mass is 304 g/mol. The molecule has 3 aromatic rings. The minimum Gasteiger partial charge on any atom is -0.493 e. The Balaban J connectivity index is 2.26. The summed E-state index contributed by atoms with van der Waals surface area (Å²) in [6.45, 7) is 2.65. The number of nitrogens with zero attached hydrogens (tertiary/aromatic N) is 1. The molecule has 0 atom stereocenters. The number of hydrogen-bond donors (Lipinski definition) is 1. The highest BCUT2D eigenvalue weighted by molar-refractivity contribution is 5.98. The summed E-state index contributed by atoms with van der Waals surface area (Å²) in [6, 6.07) is 17.0. The summed E-state index contributed by atoms with van der Waals surface area (Å²) >= 11 is 0. The first-order valence-electron chi connectivity index (χ1n) is 7.53. The number of rotatable bonds is 4. The van der Waals surface area contributed by atoms with Gasteiger partial charge in [-0.1, -0.05) is 37.3 Å². The second kappa shape index (κ2) is 6.37. The van der Waals surface area contributed by atoms with Gasteiger partial charge in [-0.3, -0.25) is 4.79 Å². The van der Waals surface area contributed by atoms with Crippen LogP contribution in [0.2, 0.25) is 0 Å². The Labute approximate surface area is 134 Å². The van der Waals surface area contributed by atoms with Gasteiger partial charge in [-0.2, -0.15) is 5.26 Å². The molecule has 2 aromatic carbocycles. The fourth-order valence-electron chi connectivity index (χ4n) is 2.57. The van der Waals surface area contributed by atoms with Crippen molar-refractivity contribution in [3.63, 3.8) is 0 Å². The predicted octanol–water partition coefficient (Wildman–Crippen LogP) is 3.86. The lowest BCUT2D eigenvalue weighted by molar-refractivity contribution is 0.319. The van der Waals surface area contributed by atoms with Crippen LogP contribution in [0.3, 0.4) is 0 Å². The zero-order chi connectivity index (χ0) is 16.2. The van der Waals surface area contributed by atoms with Gasteiger partial charge in [0.05, 0.1) is 12.3 Å². The molecule has 1 aromatic heterocycles. The highest BCUT2D eigenvalue weighted by atomic mass is 16.5. The number of aromatic amines is 1. The Morgan fingerprint density at radius 2 is 1.96 bits per heavy atom. The van der Waals surface area contributed by atoms with Gasteiger partial charge in [0.25, 0.3) is 5.56 Å². The molecule has 0 spiro atoms. The number of hydrogen-bond acceptors (Lipinski definition) is 3. The molecule has 1 heterocycles. The number of H-pyrrole nitrogens is 1. The SMILES string of the molecule is CCCOc1ccc2ccccc2c1-c1ccc(C#N)c(=O)[nH]1. The van der Waals surface area contributed by atoms with Gasteiger partial charge in [-0.25, -0.2) is 0 Å². The minimum atomic E-state index is -0.389. The van der Waals surface area contributed by atoms with E-state index in [9.17, 15) is 4.79 Å². The van der Waals surface area contributed by atoms with E-state index in [1.165, 1.54) is 0 Å². The average Bonchev–Trinajstić information content (AvgIpc) is 2.59. The molecule has 0 fully saturated rings. The van der Waals surface area contributed by atoms with Crippen LogP contribution in [0.15, 0.2) is 53.3 Å². The van der Waals surface area contributed by atoms with Crippen molar-refractivity contribution in [3.05, 3.63) is 64.4 Å². The smallest absolute Gasteiger partial charge is 0.266 e. The quantitative estimate of drug-likeness (QED) is 0.796. The maximum absolute atomic E-state index is 12.0. The Hall–Kier alpha value is -3.06. The lowest BCUT2D eigenvalue weighted by Crippen LogP contribution is -2.10. The molecule has 0 amide bonds. The van der Waals surface area contributed by atoms with E-state index in [4.69, 9.17) is 10.00 Å². The zero-order valence-corrected chi connectivity index (χ0v) is 12.8. The third kappa shape index (κ3) is 2.82. The Bertz CT molecular complexity index is 951. The molecule has 0 aliphatic heterocycles. The van der Waals surface area contributed by atoms with Crippen LogP contribution in [-0.2, 0) is 0 Å². The zero-order valence-electron chi connectivity index (χ0n) is 12.8. The van der Waals surface area contributed by atoms with Crippen LogP contribution in [0.5, 0.6) is 5.75 Å². The van der Waals surface area contributed by atoms with Gasteiger partial charge >= 0.3 is 0 Å². The van der Waals surface area contributed by atoms with Crippen LogP contribution in [0.25, 0.3) is 22.0 Å². The van der Waals surface area contributed by atoms with E-state index < -0.39 is 0 Å². The Morgan fingerprint density at radius 1 is 1.13 bits per heavy atom. The van der Waals surface area contributed by atoms with Crippen molar-refractivity contribution in [2.75, 3.05) is 6.61 Å². The van der Waals surface area contributed by atoms with Gasteiger partial charge < -0.3 is 9.72 Å². The van der Waals surface area contributed by atoms with Crippen molar-refractivity contribution in [1.82, 2.24) is 4.98 Å². The first-order chi connectivity index (χ1) is 11.2. The molecule has 0 saturated heterocycles. The molecule has 3 rings (SSSR count).